The quantitative estimate of drug-likeness (QED) is 0.422. The van der Waals surface area contributed by atoms with Crippen LogP contribution in [0, 0.1) is 0 Å². The fraction of sp³-hybridized carbons (Fsp3) is 0.433. The summed E-state index contributed by atoms with van der Waals surface area (Å²) in [7, 11) is 1.67. The first-order chi connectivity index (χ1) is 16.4. The molecule has 0 bridgehead atoms. The van der Waals surface area contributed by atoms with Gasteiger partial charge in [-0.2, -0.15) is 0 Å². The maximum atomic E-state index is 12.6. The molecule has 3 rings (SSSR count). The number of hydrogen-bond donors (Lipinski definition) is 0. The Balaban J connectivity index is 1.55. The van der Waals surface area contributed by atoms with Crippen LogP contribution in [0.5, 0.6) is 0 Å². The molecular formula is C30H37NO3. The first-order valence-electron chi connectivity index (χ1n) is 12.1. The van der Waals surface area contributed by atoms with Gasteiger partial charge in [0.2, 0.25) is 0 Å². The molecule has 0 spiro atoms. The molecule has 1 aliphatic heterocycles. The van der Waals surface area contributed by atoms with E-state index in [1.165, 1.54) is 5.57 Å². The van der Waals surface area contributed by atoms with E-state index in [9.17, 15) is 4.79 Å². The Bertz CT molecular complexity index is 1040. The van der Waals surface area contributed by atoms with Crippen LogP contribution < -0.4 is 0 Å². The highest BCUT2D eigenvalue weighted by Gasteiger charge is 2.28. The lowest BCUT2D eigenvalue weighted by Crippen LogP contribution is -2.35. The van der Waals surface area contributed by atoms with Crippen LogP contribution in [0.1, 0.15) is 46.0 Å². The monoisotopic (exact) mass is 459 g/mol. The van der Waals surface area contributed by atoms with Gasteiger partial charge in [-0.3, -0.25) is 4.79 Å². The van der Waals surface area contributed by atoms with E-state index in [1.54, 1.807) is 7.11 Å². The lowest BCUT2D eigenvalue weighted by molar-refractivity contribution is -0.119. The van der Waals surface area contributed by atoms with Crippen molar-refractivity contribution in [1.82, 2.24) is 4.90 Å². The van der Waals surface area contributed by atoms with Gasteiger partial charge in [0.05, 0.1) is 12.7 Å². The zero-order chi connectivity index (χ0) is 24.5. The van der Waals surface area contributed by atoms with Gasteiger partial charge in [0.15, 0.2) is 0 Å². The molecular weight excluding hydrogens is 422 g/mol. The van der Waals surface area contributed by atoms with E-state index in [4.69, 9.17) is 9.47 Å². The SMILES string of the molecule is C=C(CCC(=O)CCN1CCOC(C)C(OC)C1=C)C1=C=CCC2=C=CCC(C)=CC=C2C=C1. The Morgan fingerprint density at radius 3 is 2.76 bits per heavy atom. The Morgan fingerprint density at radius 2 is 1.97 bits per heavy atom. The minimum atomic E-state index is -0.180. The Kier molecular flexibility index (Phi) is 9.51. The van der Waals surface area contributed by atoms with Crippen molar-refractivity contribution < 1.29 is 14.3 Å². The first kappa shape index (κ1) is 25.7. The van der Waals surface area contributed by atoms with Crippen LogP contribution in [0.2, 0.25) is 0 Å². The molecule has 0 aromatic rings. The molecule has 0 saturated carbocycles. The Hall–Kier alpha value is -2.87. The highest BCUT2D eigenvalue weighted by molar-refractivity contribution is 5.79. The summed E-state index contributed by atoms with van der Waals surface area (Å²) in [6.45, 7) is 14.5. The van der Waals surface area contributed by atoms with Crippen molar-refractivity contribution in [1.29, 1.82) is 0 Å². The van der Waals surface area contributed by atoms with Crippen LogP contribution in [0.15, 0.2) is 94.6 Å². The number of hydrogen-bond acceptors (Lipinski definition) is 4. The number of Topliss-reactive ketones (excluding diaryl/α,β-unsaturated/α-hetero) is 1. The van der Waals surface area contributed by atoms with E-state index in [-0.39, 0.29) is 18.0 Å². The largest absolute Gasteiger partial charge is 0.374 e. The van der Waals surface area contributed by atoms with Crippen molar-refractivity contribution >= 4 is 5.78 Å². The molecule has 2 unspecified atom stereocenters. The molecule has 4 nitrogen and oxygen atoms in total. The molecule has 4 heteroatoms. The van der Waals surface area contributed by atoms with Crippen LogP contribution in [-0.4, -0.2) is 49.7 Å². The molecule has 2 atom stereocenters. The van der Waals surface area contributed by atoms with Gasteiger partial charge in [-0.25, -0.2) is 0 Å². The van der Waals surface area contributed by atoms with Crippen molar-refractivity contribution in [3.8, 4) is 0 Å². The summed E-state index contributed by atoms with van der Waals surface area (Å²) in [4.78, 5) is 14.8. The lowest BCUT2D eigenvalue weighted by Gasteiger charge is -2.29. The summed E-state index contributed by atoms with van der Waals surface area (Å²) in [5.41, 5.74) is 13.2. The van der Waals surface area contributed by atoms with Crippen molar-refractivity contribution in [2.45, 2.75) is 58.2 Å². The van der Waals surface area contributed by atoms with Gasteiger partial charge < -0.3 is 14.4 Å². The zero-order valence-electron chi connectivity index (χ0n) is 20.9. The zero-order valence-corrected chi connectivity index (χ0v) is 20.9. The molecule has 3 aliphatic rings. The fourth-order valence-corrected chi connectivity index (χ4v) is 4.28. The van der Waals surface area contributed by atoms with Crippen LogP contribution in [0.25, 0.3) is 0 Å². The van der Waals surface area contributed by atoms with Crippen LogP contribution in [0.4, 0.5) is 0 Å². The average molecular weight is 460 g/mol. The van der Waals surface area contributed by atoms with Crippen LogP contribution >= 0.6 is 0 Å². The number of fused-ring (bicyclic) bond motifs is 1. The number of carbonyl (C=O) groups is 1. The number of allylic oxidation sites excluding steroid dienone is 9. The first-order valence-corrected chi connectivity index (χ1v) is 12.1. The second-order valence-electron chi connectivity index (χ2n) is 9.07. The van der Waals surface area contributed by atoms with Gasteiger partial charge in [0.1, 0.15) is 11.9 Å². The summed E-state index contributed by atoms with van der Waals surface area (Å²) < 4.78 is 11.3. The number of rotatable bonds is 8. The molecule has 0 aromatic carbocycles. The Morgan fingerprint density at radius 1 is 1.18 bits per heavy atom. The minimum Gasteiger partial charge on any atom is -0.374 e. The van der Waals surface area contributed by atoms with Gasteiger partial charge in [-0.15, -0.1) is 11.5 Å². The van der Waals surface area contributed by atoms with Crippen molar-refractivity contribution in [3.63, 3.8) is 0 Å². The smallest absolute Gasteiger partial charge is 0.135 e. The molecule has 2 aliphatic carbocycles. The summed E-state index contributed by atoms with van der Waals surface area (Å²) >= 11 is 0. The molecule has 1 saturated heterocycles. The molecule has 0 N–H and O–H groups in total. The average Bonchev–Trinajstić information content (AvgIpc) is 2.93. The second kappa shape index (κ2) is 12.6. The van der Waals surface area contributed by atoms with Crippen LogP contribution in [0.3, 0.4) is 0 Å². The van der Waals surface area contributed by atoms with E-state index < -0.39 is 0 Å². The predicted octanol–water partition coefficient (Wildman–Crippen LogP) is 5.93. The number of ketones is 1. The molecule has 1 heterocycles. The Labute approximate surface area is 204 Å². The second-order valence-corrected chi connectivity index (χ2v) is 9.07. The van der Waals surface area contributed by atoms with Gasteiger partial charge in [-0.1, -0.05) is 37.0 Å². The third-order valence-corrected chi connectivity index (χ3v) is 6.49. The van der Waals surface area contributed by atoms with Gasteiger partial charge >= 0.3 is 0 Å². The fourth-order valence-electron chi connectivity index (χ4n) is 4.28. The van der Waals surface area contributed by atoms with E-state index in [1.807, 2.05) is 19.1 Å². The number of ether oxygens (including phenoxy) is 2. The normalized spacial score (nSPS) is 22.8. The highest BCUT2D eigenvalue weighted by atomic mass is 16.5. The van der Waals surface area contributed by atoms with E-state index in [2.05, 4.69) is 60.7 Å². The van der Waals surface area contributed by atoms with Gasteiger partial charge in [0, 0.05) is 56.3 Å². The molecule has 0 aromatic heterocycles. The maximum absolute atomic E-state index is 12.6. The molecule has 34 heavy (non-hydrogen) atoms. The topological polar surface area (TPSA) is 38.8 Å². The molecule has 180 valence electrons. The van der Waals surface area contributed by atoms with Crippen LogP contribution in [-0.2, 0) is 14.3 Å². The third-order valence-electron chi connectivity index (χ3n) is 6.49. The number of methoxy groups -OCH3 is 1. The van der Waals surface area contributed by atoms with Gasteiger partial charge in [-0.05, 0) is 56.1 Å². The van der Waals surface area contributed by atoms with E-state index in [0.717, 1.165) is 47.4 Å². The number of carbonyl (C=O) groups excluding carboxylic acids is 1. The summed E-state index contributed by atoms with van der Waals surface area (Å²) in [5, 5.41) is 0. The lowest BCUT2D eigenvalue weighted by atomic mass is 9.94. The van der Waals surface area contributed by atoms with E-state index in [0.29, 0.717) is 32.4 Å². The van der Waals surface area contributed by atoms with Gasteiger partial charge in [0.25, 0.3) is 0 Å². The highest BCUT2D eigenvalue weighted by Crippen LogP contribution is 2.24. The summed E-state index contributed by atoms with van der Waals surface area (Å²) in [6, 6.07) is 0. The number of nitrogens with zero attached hydrogens (tertiary/aromatic N) is 1. The molecule has 1 fully saturated rings. The maximum Gasteiger partial charge on any atom is 0.135 e. The molecule has 0 amide bonds. The molecule has 0 radical (unpaired) electrons. The third kappa shape index (κ3) is 7.06. The summed E-state index contributed by atoms with van der Waals surface area (Å²) in [6.07, 6.45) is 15.7. The van der Waals surface area contributed by atoms with E-state index >= 15 is 0 Å². The standard InChI is InChI=1S/C30H37NO3/c1-22-8-6-10-27-11-7-9-26(15-16-28(27)14-12-22)23(2)13-17-29(32)18-19-31-20-21-34-25(4)30(33-5)24(31)3/h6-7,12,14-16,25,30H,2-3,8,11,13,17-21H2,1,4-5H3. The van der Waals surface area contributed by atoms with Crippen molar-refractivity contribution in [3.05, 3.63) is 94.6 Å². The summed E-state index contributed by atoms with van der Waals surface area (Å²) in [5.74, 6) is 0.222. The predicted molar refractivity (Wildman–Crippen MR) is 138 cm³/mol. The van der Waals surface area contributed by atoms with Crippen molar-refractivity contribution in [2.75, 3.05) is 26.8 Å². The van der Waals surface area contributed by atoms with Crippen molar-refractivity contribution in [2.24, 2.45) is 0 Å². The minimum absolute atomic E-state index is 0.0412.